The van der Waals surface area contributed by atoms with Crippen molar-refractivity contribution in [1.29, 1.82) is 0 Å². The van der Waals surface area contributed by atoms with Crippen LogP contribution in [0.3, 0.4) is 0 Å². The van der Waals surface area contributed by atoms with E-state index in [2.05, 4.69) is 63.0 Å². The highest BCUT2D eigenvalue weighted by atomic mass is 28.4. The Bertz CT molecular complexity index is 834. The molecule has 0 fully saturated rings. The van der Waals surface area contributed by atoms with Crippen LogP contribution in [0.1, 0.15) is 45.2 Å². The molecule has 0 saturated carbocycles. The van der Waals surface area contributed by atoms with Crippen molar-refractivity contribution in [2.45, 2.75) is 77.5 Å². The monoisotopic (exact) mass is 467 g/mol. The number of aliphatic hydroxyl groups excluding tert-OH is 1. The van der Waals surface area contributed by atoms with Gasteiger partial charge in [-0.25, -0.2) is 0 Å². The minimum atomic E-state index is -2.04. The number of hydrogen-bond donors (Lipinski definition) is 1. The fourth-order valence-electron chi connectivity index (χ4n) is 3.49. The number of ketones is 1. The van der Waals surface area contributed by atoms with Crippen LogP contribution in [-0.4, -0.2) is 42.9 Å². The van der Waals surface area contributed by atoms with Crippen LogP contribution >= 0.6 is 0 Å². The van der Waals surface area contributed by atoms with Crippen molar-refractivity contribution in [3.63, 3.8) is 0 Å². The second kappa shape index (κ2) is 12.4. The molecule has 0 bridgehead atoms. The zero-order chi connectivity index (χ0) is 24.5. The summed E-state index contributed by atoms with van der Waals surface area (Å²) in [6.07, 6.45) is 2.51. The van der Waals surface area contributed by atoms with Crippen molar-refractivity contribution in [3.8, 4) is 0 Å². The molecule has 0 aliphatic carbocycles. The average Bonchev–Trinajstić information content (AvgIpc) is 2.74. The molecule has 4 nitrogen and oxygen atoms in total. The normalized spacial score (nSPS) is 14.5. The van der Waals surface area contributed by atoms with Crippen LogP contribution in [0, 0.1) is 0 Å². The number of aliphatic hydroxyl groups is 1. The predicted molar refractivity (Wildman–Crippen MR) is 140 cm³/mol. The van der Waals surface area contributed by atoms with Crippen LogP contribution < -0.4 is 0 Å². The van der Waals surface area contributed by atoms with E-state index in [4.69, 9.17) is 4.43 Å². The molecule has 5 heteroatoms. The lowest BCUT2D eigenvalue weighted by molar-refractivity contribution is -0.117. The van der Waals surface area contributed by atoms with Crippen LogP contribution in [0.15, 0.2) is 72.8 Å². The van der Waals surface area contributed by atoms with Gasteiger partial charge in [-0.3, -0.25) is 9.69 Å². The Morgan fingerprint density at radius 1 is 1.00 bits per heavy atom. The van der Waals surface area contributed by atoms with Crippen LogP contribution in [-0.2, 0) is 22.3 Å². The zero-order valence-corrected chi connectivity index (χ0v) is 22.1. The van der Waals surface area contributed by atoms with Gasteiger partial charge in [0.2, 0.25) is 0 Å². The average molecular weight is 468 g/mol. The number of carbonyl (C=O) groups is 1. The van der Waals surface area contributed by atoms with E-state index < -0.39 is 14.4 Å². The third kappa shape index (κ3) is 8.67. The Morgan fingerprint density at radius 3 is 1.91 bits per heavy atom. The Kier molecular flexibility index (Phi) is 10.2. The molecular formula is C28H41NO3Si. The number of nitrogens with zero attached hydrogens (tertiary/aromatic N) is 1. The van der Waals surface area contributed by atoms with E-state index in [0.29, 0.717) is 19.7 Å². The minimum Gasteiger partial charge on any atom is -0.415 e. The van der Waals surface area contributed by atoms with Crippen molar-refractivity contribution in [1.82, 2.24) is 4.90 Å². The van der Waals surface area contributed by atoms with E-state index in [1.165, 1.54) is 6.08 Å². The van der Waals surface area contributed by atoms with Crippen LogP contribution in [0.2, 0.25) is 18.1 Å². The molecule has 0 spiro atoms. The van der Waals surface area contributed by atoms with E-state index in [-0.39, 0.29) is 23.3 Å². The predicted octanol–water partition coefficient (Wildman–Crippen LogP) is 5.98. The summed E-state index contributed by atoms with van der Waals surface area (Å²) in [5.41, 5.74) is 2.33. The Morgan fingerprint density at radius 2 is 1.48 bits per heavy atom. The van der Waals surface area contributed by atoms with E-state index in [9.17, 15) is 9.90 Å². The van der Waals surface area contributed by atoms with Gasteiger partial charge in [0.05, 0.1) is 18.8 Å². The lowest BCUT2D eigenvalue weighted by Gasteiger charge is -2.40. The SMILES string of the molecule is C/C=C/C(=O)C[C@H](O)[C@@H](CO[Si](C)(C)C(C)(C)C)N(Cc1ccccc1)Cc1ccccc1. The third-order valence-corrected chi connectivity index (χ3v) is 11.1. The molecular weight excluding hydrogens is 426 g/mol. The summed E-state index contributed by atoms with van der Waals surface area (Å²) in [7, 11) is -2.04. The summed E-state index contributed by atoms with van der Waals surface area (Å²) in [5.74, 6) is -0.0679. The van der Waals surface area contributed by atoms with Gasteiger partial charge in [-0.05, 0) is 42.3 Å². The first-order valence-electron chi connectivity index (χ1n) is 11.8. The highest BCUT2D eigenvalue weighted by molar-refractivity contribution is 6.74. The molecule has 0 aromatic heterocycles. The van der Waals surface area contributed by atoms with Gasteiger partial charge in [-0.15, -0.1) is 0 Å². The van der Waals surface area contributed by atoms with Crippen molar-refractivity contribution in [2.24, 2.45) is 0 Å². The van der Waals surface area contributed by atoms with E-state index >= 15 is 0 Å². The molecule has 2 atom stereocenters. The van der Waals surface area contributed by atoms with Gasteiger partial charge in [-0.1, -0.05) is 87.5 Å². The number of rotatable bonds is 12. The van der Waals surface area contributed by atoms with Gasteiger partial charge in [0.25, 0.3) is 0 Å². The molecule has 180 valence electrons. The first-order chi connectivity index (χ1) is 15.5. The maximum Gasteiger partial charge on any atom is 0.192 e. The Hall–Kier alpha value is -2.05. The molecule has 0 saturated heterocycles. The van der Waals surface area contributed by atoms with E-state index in [1.807, 2.05) is 43.3 Å². The number of allylic oxidation sites excluding steroid dienone is 2. The fourth-order valence-corrected chi connectivity index (χ4v) is 4.51. The molecule has 0 heterocycles. The summed E-state index contributed by atoms with van der Waals surface area (Å²) in [6.45, 7) is 14.6. The first-order valence-corrected chi connectivity index (χ1v) is 14.7. The molecule has 0 aliphatic heterocycles. The molecule has 0 amide bonds. The highest BCUT2D eigenvalue weighted by Gasteiger charge is 2.39. The quantitative estimate of drug-likeness (QED) is 0.308. The van der Waals surface area contributed by atoms with Crippen molar-refractivity contribution < 1.29 is 14.3 Å². The molecule has 0 unspecified atom stereocenters. The van der Waals surface area contributed by atoms with Gasteiger partial charge >= 0.3 is 0 Å². The smallest absolute Gasteiger partial charge is 0.192 e. The first kappa shape index (κ1) is 27.2. The van der Waals surface area contributed by atoms with Crippen molar-refractivity contribution >= 4 is 14.1 Å². The lowest BCUT2D eigenvalue weighted by atomic mass is 10.0. The number of benzene rings is 2. The topological polar surface area (TPSA) is 49.8 Å². The van der Waals surface area contributed by atoms with E-state index in [0.717, 1.165) is 11.1 Å². The van der Waals surface area contributed by atoms with Crippen LogP contribution in [0.5, 0.6) is 0 Å². The second-order valence-electron chi connectivity index (χ2n) is 10.3. The minimum absolute atomic E-state index is 0.0625. The summed E-state index contributed by atoms with van der Waals surface area (Å²) in [4.78, 5) is 14.6. The summed E-state index contributed by atoms with van der Waals surface area (Å²) < 4.78 is 6.58. The van der Waals surface area contributed by atoms with Gasteiger partial charge in [0.15, 0.2) is 14.1 Å². The molecule has 2 aromatic rings. The third-order valence-electron chi connectivity index (χ3n) is 6.55. The van der Waals surface area contributed by atoms with Gasteiger partial charge < -0.3 is 9.53 Å². The Balaban J connectivity index is 2.37. The molecule has 2 aromatic carbocycles. The molecule has 0 radical (unpaired) electrons. The molecule has 33 heavy (non-hydrogen) atoms. The summed E-state index contributed by atoms with van der Waals surface area (Å²) in [5, 5.41) is 11.3. The summed E-state index contributed by atoms with van der Waals surface area (Å²) >= 11 is 0. The summed E-state index contributed by atoms with van der Waals surface area (Å²) in [6, 6.07) is 20.2. The second-order valence-corrected chi connectivity index (χ2v) is 15.1. The maximum atomic E-state index is 12.4. The van der Waals surface area contributed by atoms with Gasteiger partial charge in [0, 0.05) is 19.5 Å². The van der Waals surface area contributed by atoms with Crippen LogP contribution in [0.4, 0.5) is 0 Å². The fraction of sp³-hybridized carbons (Fsp3) is 0.464. The zero-order valence-electron chi connectivity index (χ0n) is 21.1. The van der Waals surface area contributed by atoms with Gasteiger partial charge in [-0.2, -0.15) is 0 Å². The number of hydrogen-bond acceptors (Lipinski definition) is 4. The van der Waals surface area contributed by atoms with Crippen LogP contribution in [0.25, 0.3) is 0 Å². The Labute approximate surface area is 201 Å². The maximum absolute atomic E-state index is 12.4. The van der Waals surface area contributed by atoms with E-state index in [1.54, 1.807) is 6.08 Å². The molecule has 1 N–H and O–H groups in total. The number of carbonyl (C=O) groups excluding carboxylic acids is 1. The van der Waals surface area contributed by atoms with Gasteiger partial charge in [0.1, 0.15) is 0 Å². The van der Waals surface area contributed by atoms with Crippen molar-refractivity contribution in [3.05, 3.63) is 83.9 Å². The lowest BCUT2D eigenvalue weighted by Crippen LogP contribution is -2.50. The molecule has 0 aliphatic rings. The standard InChI is InChI=1S/C28H41NO3Si/c1-7-14-25(30)19-27(31)26(22-32-33(5,6)28(2,3)4)29(20-23-15-10-8-11-16-23)21-24-17-12-9-13-18-24/h7-18,26-27,31H,19-22H2,1-6H3/b14-7+/t26-,27+/m1/s1. The largest absolute Gasteiger partial charge is 0.415 e. The molecule has 2 rings (SSSR count). The van der Waals surface area contributed by atoms with Crippen molar-refractivity contribution in [2.75, 3.05) is 6.61 Å². The highest BCUT2D eigenvalue weighted by Crippen LogP contribution is 2.37.